The number of hydrogen-bond acceptors (Lipinski definition) is 5. The Balaban J connectivity index is 2.60. The van der Waals surface area contributed by atoms with Crippen LogP contribution >= 0.6 is 11.8 Å². The Kier molecular flexibility index (Phi) is 9.80. The van der Waals surface area contributed by atoms with E-state index in [0.717, 1.165) is 44.6 Å². The molecule has 130 valence electrons. The summed E-state index contributed by atoms with van der Waals surface area (Å²) in [4.78, 5) is 14.8. The van der Waals surface area contributed by atoms with Crippen molar-refractivity contribution in [1.82, 2.24) is 4.90 Å². The second-order valence-electron chi connectivity index (χ2n) is 5.47. The van der Waals surface area contributed by atoms with Gasteiger partial charge >= 0.3 is 0 Å². The Bertz CT molecular complexity index is 476. The number of carbonyl (C=O) groups is 1. The number of hydrogen-bond donors (Lipinski definition) is 1. The molecule has 5 heteroatoms. The van der Waals surface area contributed by atoms with Crippen molar-refractivity contribution < 1.29 is 9.53 Å². The maximum atomic E-state index is 12.4. The summed E-state index contributed by atoms with van der Waals surface area (Å²) in [6, 6.07) is 5.29. The topological polar surface area (TPSA) is 55.6 Å². The standard InChI is InChI=1S/C18H30N2O2S/c1-4-7-8-12-22-17-14-15(19)9-10-16(17)18(21)23-13-11-20(5-2)6-3/h9-10,14H,4-8,11-13,19H2,1-3H3. The predicted molar refractivity (Wildman–Crippen MR) is 100 cm³/mol. The van der Waals surface area contributed by atoms with E-state index in [1.165, 1.54) is 11.8 Å². The van der Waals surface area contributed by atoms with Crippen LogP contribution in [0.1, 0.15) is 50.4 Å². The Morgan fingerprint density at radius 2 is 1.96 bits per heavy atom. The zero-order chi connectivity index (χ0) is 17.1. The molecule has 2 N–H and O–H groups in total. The first-order valence-electron chi connectivity index (χ1n) is 8.54. The van der Waals surface area contributed by atoms with Crippen LogP contribution in [0, 0.1) is 0 Å². The van der Waals surface area contributed by atoms with Gasteiger partial charge in [-0.15, -0.1) is 0 Å². The molecule has 1 aromatic carbocycles. The lowest BCUT2D eigenvalue weighted by Gasteiger charge is -2.17. The number of unbranched alkanes of at least 4 members (excludes halogenated alkanes) is 2. The molecule has 0 aliphatic rings. The first kappa shape index (κ1) is 19.8. The van der Waals surface area contributed by atoms with Crippen molar-refractivity contribution in [3.63, 3.8) is 0 Å². The van der Waals surface area contributed by atoms with E-state index in [-0.39, 0.29) is 5.12 Å². The van der Waals surface area contributed by atoms with Gasteiger partial charge in [0.05, 0.1) is 12.2 Å². The fourth-order valence-corrected chi connectivity index (χ4v) is 3.11. The summed E-state index contributed by atoms with van der Waals surface area (Å²) in [5.74, 6) is 1.40. The molecular formula is C18H30N2O2S. The van der Waals surface area contributed by atoms with Gasteiger partial charge in [-0.25, -0.2) is 0 Å². The summed E-state index contributed by atoms with van der Waals surface area (Å²) in [5.41, 5.74) is 7.08. The number of carbonyl (C=O) groups excluding carboxylic acids is 1. The molecule has 0 fully saturated rings. The van der Waals surface area contributed by atoms with Gasteiger partial charge in [0, 0.05) is 24.1 Å². The quantitative estimate of drug-likeness (QED) is 0.487. The summed E-state index contributed by atoms with van der Waals surface area (Å²) < 4.78 is 5.79. The monoisotopic (exact) mass is 338 g/mol. The van der Waals surface area contributed by atoms with E-state index < -0.39 is 0 Å². The first-order chi connectivity index (χ1) is 11.1. The smallest absolute Gasteiger partial charge is 0.223 e. The van der Waals surface area contributed by atoms with Crippen molar-refractivity contribution in [1.29, 1.82) is 0 Å². The lowest BCUT2D eigenvalue weighted by atomic mass is 10.2. The highest BCUT2D eigenvalue weighted by Crippen LogP contribution is 2.26. The normalized spacial score (nSPS) is 11.0. The Labute approximate surface area is 144 Å². The lowest BCUT2D eigenvalue weighted by Crippen LogP contribution is -2.25. The third-order valence-corrected chi connectivity index (χ3v) is 4.63. The number of thioether (sulfide) groups is 1. The molecule has 4 nitrogen and oxygen atoms in total. The molecule has 0 amide bonds. The summed E-state index contributed by atoms with van der Waals surface area (Å²) in [6.07, 6.45) is 3.27. The second-order valence-corrected chi connectivity index (χ2v) is 6.54. The summed E-state index contributed by atoms with van der Waals surface area (Å²) in [6.45, 7) is 10.0. The second kappa shape index (κ2) is 11.4. The molecule has 0 bridgehead atoms. The summed E-state index contributed by atoms with van der Waals surface area (Å²) in [7, 11) is 0. The Hall–Kier alpha value is -1.20. The minimum absolute atomic E-state index is 0.0580. The van der Waals surface area contributed by atoms with Crippen LogP contribution < -0.4 is 10.5 Å². The van der Waals surface area contributed by atoms with Crippen LogP contribution in [0.4, 0.5) is 5.69 Å². The van der Waals surface area contributed by atoms with E-state index in [9.17, 15) is 4.79 Å². The lowest BCUT2D eigenvalue weighted by molar-refractivity contribution is 0.108. The van der Waals surface area contributed by atoms with Gasteiger partial charge in [-0.1, -0.05) is 45.4 Å². The Morgan fingerprint density at radius 1 is 1.22 bits per heavy atom. The molecule has 0 heterocycles. The number of rotatable bonds is 11. The van der Waals surface area contributed by atoms with Gasteiger partial charge in [-0.3, -0.25) is 4.79 Å². The molecule has 0 unspecified atom stereocenters. The van der Waals surface area contributed by atoms with Crippen molar-refractivity contribution in [2.24, 2.45) is 0 Å². The van der Waals surface area contributed by atoms with Gasteiger partial charge in [-0.05, 0) is 31.6 Å². The minimum Gasteiger partial charge on any atom is -0.493 e. The first-order valence-corrected chi connectivity index (χ1v) is 9.52. The van der Waals surface area contributed by atoms with E-state index >= 15 is 0 Å². The van der Waals surface area contributed by atoms with E-state index in [0.29, 0.717) is 23.6 Å². The number of nitrogens with zero attached hydrogens (tertiary/aromatic N) is 1. The van der Waals surface area contributed by atoms with Gasteiger partial charge in [-0.2, -0.15) is 0 Å². The highest BCUT2D eigenvalue weighted by atomic mass is 32.2. The van der Waals surface area contributed by atoms with Gasteiger partial charge in [0.15, 0.2) is 0 Å². The maximum Gasteiger partial charge on any atom is 0.223 e. The van der Waals surface area contributed by atoms with Crippen LogP contribution in [-0.2, 0) is 0 Å². The highest BCUT2D eigenvalue weighted by molar-refractivity contribution is 8.14. The SMILES string of the molecule is CCCCCOc1cc(N)ccc1C(=O)SCCN(CC)CC. The largest absolute Gasteiger partial charge is 0.493 e. The molecule has 0 aliphatic heterocycles. The van der Waals surface area contributed by atoms with Crippen LogP contribution in [0.5, 0.6) is 5.75 Å². The molecule has 0 atom stereocenters. The van der Waals surface area contributed by atoms with Crippen molar-refractivity contribution in [3.8, 4) is 5.75 Å². The molecule has 1 rings (SSSR count). The minimum atomic E-state index is 0.0580. The molecule has 0 aromatic heterocycles. The molecule has 0 saturated heterocycles. The van der Waals surface area contributed by atoms with Gasteiger partial charge < -0.3 is 15.4 Å². The van der Waals surface area contributed by atoms with Gasteiger partial charge in [0.2, 0.25) is 5.12 Å². The molecule has 0 radical (unpaired) electrons. The predicted octanol–water partition coefficient (Wildman–Crippen LogP) is 4.05. The average molecular weight is 339 g/mol. The van der Waals surface area contributed by atoms with Crippen LogP contribution in [0.2, 0.25) is 0 Å². The zero-order valence-corrected chi connectivity index (χ0v) is 15.5. The molecule has 0 aliphatic carbocycles. The number of benzene rings is 1. The van der Waals surface area contributed by atoms with E-state index in [1.54, 1.807) is 18.2 Å². The molecule has 0 spiro atoms. The van der Waals surface area contributed by atoms with Gasteiger partial charge in [0.25, 0.3) is 0 Å². The molecule has 23 heavy (non-hydrogen) atoms. The fourth-order valence-electron chi connectivity index (χ4n) is 2.25. The highest BCUT2D eigenvalue weighted by Gasteiger charge is 2.14. The maximum absolute atomic E-state index is 12.4. The third kappa shape index (κ3) is 7.27. The van der Waals surface area contributed by atoms with Crippen LogP contribution in [-0.4, -0.2) is 42.0 Å². The number of anilines is 1. The van der Waals surface area contributed by atoms with E-state index in [2.05, 4.69) is 25.7 Å². The molecular weight excluding hydrogens is 308 g/mol. The van der Waals surface area contributed by atoms with Gasteiger partial charge in [0.1, 0.15) is 5.75 Å². The number of nitrogens with two attached hydrogens (primary N) is 1. The van der Waals surface area contributed by atoms with Crippen molar-refractivity contribution in [2.45, 2.75) is 40.0 Å². The van der Waals surface area contributed by atoms with E-state index in [4.69, 9.17) is 10.5 Å². The zero-order valence-electron chi connectivity index (χ0n) is 14.6. The third-order valence-electron chi connectivity index (χ3n) is 3.77. The van der Waals surface area contributed by atoms with Crippen LogP contribution in [0.15, 0.2) is 18.2 Å². The summed E-state index contributed by atoms with van der Waals surface area (Å²) in [5, 5.41) is 0.0580. The fraction of sp³-hybridized carbons (Fsp3) is 0.611. The van der Waals surface area contributed by atoms with Crippen molar-refractivity contribution in [2.75, 3.05) is 37.7 Å². The molecule has 1 aromatic rings. The number of nitrogen functional groups attached to an aromatic ring is 1. The summed E-state index contributed by atoms with van der Waals surface area (Å²) >= 11 is 1.35. The van der Waals surface area contributed by atoms with Crippen molar-refractivity contribution >= 4 is 22.6 Å². The average Bonchev–Trinajstić information content (AvgIpc) is 2.55. The van der Waals surface area contributed by atoms with Crippen LogP contribution in [0.25, 0.3) is 0 Å². The van der Waals surface area contributed by atoms with E-state index in [1.807, 2.05) is 0 Å². The van der Waals surface area contributed by atoms with Crippen molar-refractivity contribution in [3.05, 3.63) is 23.8 Å². The Morgan fingerprint density at radius 3 is 2.61 bits per heavy atom. The molecule has 0 saturated carbocycles. The van der Waals surface area contributed by atoms with Crippen LogP contribution in [0.3, 0.4) is 0 Å². The number of ether oxygens (including phenoxy) is 1.